The quantitative estimate of drug-likeness (QED) is 0.616. The minimum absolute atomic E-state index is 0.117. The molecule has 0 saturated carbocycles. The lowest BCUT2D eigenvalue weighted by atomic mass is 10.1. The number of hydrogen-bond acceptors (Lipinski definition) is 3. The van der Waals surface area contributed by atoms with E-state index in [0.717, 1.165) is 62.0 Å². The minimum atomic E-state index is -0.117. The molecule has 2 aromatic rings. The van der Waals surface area contributed by atoms with Gasteiger partial charge < -0.3 is 9.47 Å². The summed E-state index contributed by atoms with van der Waals surface area (Å²) >= 11 is 5.93. The maximum atomic E-state index is 6.21. The number of likely N-dealkylation sites (tertiary alicyclic amines) is 1. The Kier molecular flexibility index (Phi) is 6.22. The first-order valence-electron chi connectivity index (χ1n) is 8.98. The smallest absolute Gasteiger partial charge is 0.120 e. The van der Waals surface area contributed by atoms with E-state index < -0.39 is 0 Å². The molecular formula is C21H26ClNO2. The Morgan fingerprint density at radius 1 is 1.00 bits per heavy atom. The van der Waals surface area contributed by atoms with Crippen LogP contribution < -0.4 is 9.47 Å². The molecule has 1 heterocycles. The fourth-order valence-electron chi connectivity index (χ4n) is 3.23. The zero-order chi connectivity index (χ0) is 17.5. The molecule has 1 unspecified atom stereocenters. The van der Waals surface area contributed by atoms with Gasteiger partial charge in [0, 0.05) is 24.5 Å². The molecule has 134 valence electrons. The number of ether oxygens (including phenoxy) is 2. The highest BCUT2D eigenvalue weighted by molar-refractivity contribution is 6.30. The van der Waals surface area contributed by atoms with Crippen molar-refractivity contribution in [1.29, 1.82) is 0 Å². The van der Waals surface area contributed by atoms with Crippen molar-refractivity contribution < 1.29 is 9.47 Å². The summed E-state index contributed by atoms with van der Waals surface area (Å²) in [5.41, 5.74) is -0.117. The van der Waals surface area contributed by atoms with Crippen LogP contribution in [-0.2, 0) is 0 Å². The third kappa shape index (κ3) is 5.65. The predicted octanol–water partition coefficient (Wildman–Crippen LogP) is 5.04. The standard InChI is InChI=1S/C21H26ClNO2/c1-21(25-20-11-9-18(22)10-12-20)13-15-23(17-21)14-5-6-16-24-19-7-3-2-4-8-19/h2-4,7-12H,5-6,13-17H2,1H3. The van der Waals surface area contributed by atoms with Gasteiger partial charge in [-0.05, 0) is 62.7 Å². The second-order valence-corrected chi connectivity index (χ2v) is 7.34. The third-order valence-corrected chi connectivity index (χ3v) is 4.83. The molecule has 0 radical (unpaired) electrons. The van der Waals surface area contributed by atoms with Crippen molar-refractivity contribution in [3.63, 3.8) is 0 Å². The van der Waals surface area contributed by atoms with Crippen LogP contribution >= 0.6 is 11.6 Å². The van der Waals surface area contributed by atoms with Gasteiger partial charge >= 0.3 is 0 Å². The SMILES string of the molecule is CC1(Oc2ccc(Cl)cc2)CCN(CCCCOc2ccccc2)C1. The molecule has 1 aliphatic rings. The summed E-state index contributed by atoms with van der Waals surface area (Å²) < 4.78 is 12.0. The van der Waals surface area contributed by atoms with Crippen LogP contribution in [0.1, 0.15) is 26.2 Å². The molecule has 2 aromatic carbocycles. The molecule has 1 fully saturated rings. The largest absolute Gasteiger partial charge is 0.494 e. The van der Waals surface area contributed by atoms with Crippen LogP contribution in [0.25, 0.3) is 0 Å². The maximum absolute atomic E-state index is 6.21. The van der Waals surface area contributed by atoms with Crippen molar-refractivity contribution in [3.05, 3.63) is 59.6 Å². The molecule has 3 rings (SSSR count). The summed E-state index contributed by atoms with van der Waals surface area (Å²) in [7, 11) is 0. The van der Waals surface area contributed by atoms with Gasteiger partial charge in [-0.1, -0.05) is 29.8 Å². The van der Waals surface area contributed by atoms with Crippen molar-refractivity contribution in [2.75, 3.05) is 26.2 Å². The van der Waals surface area contributed by atoms with Crippen LogP contribution in [0.15, 0.2) is 54.6 Å². The second-order valence-electron chi connectivity index (χ2n) is 6.90. The normalized spacial score (nSPS) is 20.6. The Hall–Kier alpha value is -1.71. The van der Waals surface area contributed by atoms with Gasteiger partial charge in [-0.15, -0.1) is 0 Å². The summed E-state index contributed by atoms with van der Waals surface area (Å²) in [4.78, 5) is 2.48. The van der Waals surface area contributed by atoms with Crippen molar-refractivity contribution in [1.82, 2.24) is 4.90 Å². The molecule has 3 nitrogen and oxygen atoms in total. The molecule has 0 amide bonds. The van der Waals surface area contributed by atoms with Gasteiger partial charge in [0.05, 0.1) is 6.61 Å². The van der Waals surface area contributed by atoms with Gasteiger partial charge in [0.1, 0.15) is 17.1 Å². The molecule has 1 saturated heterocycles. The number of halogens is 1. The lowest BCUT2D eigenvalue weighted by molar-refractivity contribution is 0.0957. The molecule has 0 aliphatic carbocycles. The van der Waals surface area contributed by atoms with Crippen molar-refractivity contribution in [3.8, 4) is 11.5 Å². The number of nitrogens with zero attached hydrogens (tertiary/aromatic N) is 1. The summed E-state index contributed by atoms with van der Waals surface area (Å²) in [6.07, 6.45) is 3.26. The van der Waals surface area contributed by atoms with Gasteiger partial charge in [0.2, 0.25) is 0 Å². The summed E-state index contributed by atoms with van der Waals surface area (Å²) in [6, 6.07) is 17.6. The van der Waals surface area contributed by atoms with E-state index in [-0.39, 0.29) is 5.60 Å². The molecule has 0 aromatic heterocycles. The third-order valence-electron chi connectivity index (χ3n) is 4.57. The van der Waals surface area contributed by atoms with Crippen LogP contribution in [0, 0.1) is 0 Å². The average Bonchev–Trinajstić information content (AvgIpc) is 2.98. The van der Waals surface area contributed by atoms with Crippen LogP contribution in [0.5, 0.6) is 11.5 Å². The first-order valence-corrected chi connectivity index (χ1v) is 9.36. The van der Waals surface area contributed by atoms with Gasteiger partial charge in [0.25, 0.3) is 0 Å². The lowest BCUT2D eigenvalue weighted by Gasteiger charge is -2.26. The van der Waals surface area contributed by atoms with Crippen molar-refractivity contribution >= 4 is 11.6 Å². The molecule has 0 spiro atoms. The van der Waals surface area contributed by atoms with E-state index in [2.05, 4.69) is 11.8 Å². The Morgan fingerprint density at radius 2 is 1.76 bits per heavy atom. The van der Waals surface area contributed by atoms with Crippen LogP contribution in [0.3, 0.4) is 0 Å². The maximum Gasteiger partial charge on any atom is 0.120 e. The Balaban J connectivity index is 1.35. The van der Waals surface area contributed by atoms with E-state index in [1.807, 2.05) is 54.6 Å². The molecule has 0 bridgehead atoms. The van der Waals surface area contributed by atoms with E-state index >= 15 is 0 Å². The Bertz CT molecular complexity index is 647. The van der Waals surface area contributed by atoms with E-state index in [1.165, 1.54) is 0 Å². The fourth-order valence-corrected chi connectivity index (χ4v) is 3.36. The van der Waals surface area contributed by atoms with E-state index in [0.29, 0.717) is 0 Å². The molecule has 4 heteroatoms. The lowest BCUT2D eigenvalue weighted by Crippen LogP contribution is -2.36. The van der Waals surface area contributed by atoms with Gasteiger partial charge in [-0.3, -0.25) is 4.90 Å². The summed E-state index contributed by atoms with van der Waals surface area (Å²) in [5, 5.41) is 0.739. The molecule has 1 atom stereocenters. The molecular weight excluding hydrogens is 334 g/mol. The molecule has 0 N–H and O–H groups in total. The summed E-state index contributed by atoms with van der Waals surface area (Å²) in [6.45, 7) is 6.12. The molecule has 25 heavy (non-hydrogen) atoms. The number of benzene rings is 2. The summed E-state index contributed by atoms with van der Waals surface area (Å²) in [5.74, 6) is 1.85. The zero-order valence-corrected chi connectivity index (χ0v) is 15.5. The Labute approximate surface area is 155 Å². The van der Waals surface area contributed by atoms with Crippen molar-refractivity contribution in [2.24, 2.45) is 0 Å². The van der Waals surface area contributed by atoms with Crippen LogP contribution in [0.2, 0.25) is 5.02 Å². The minimum Gasteiger partial charge on any atom is -0.494 e. The monoisotopic (exact) mass is 359 g/mol. The van der Waals surface area contributed by atoms with Crippen LogP contribution in [0.4, 0.5) is 0 Å². The second kappa shape index (κ2) is 8.59. The average molecular weight is 360 g/mol. The van der Waals surface area contributed by atoms with Gasteiger partial charge in [-0.25, -0.2) is 0 Å². The van der Waals surface area contributed by atoms with E-state index in [1.54, 1.807) is 0 Å². The van der Waals surface area contributed by atoms with Gasteiger partial charge in [0.15, 0.2) is 0 Å². The number of hydrogen-bond donors (Lipinski definition) is 0. The number of para-hydroxylation sites is 1. The highest BCUT2D eigenvalue weighted by atomic mass is 35.5. The fraction of sp³-hybridized carbons (Fsp3) is 0.429. The van der Waals surface area contributed by atoms with E-state index in [4.69, 9.17) is 21.1 Å². The molecule has 1 aliphatic heterocycles. The zero-order valence-electron chi connectivity index (χ0n) is 14.8. The topological polar surface area (TPSA) is 21.7 Å². The number of rotatable bonds is 8. The first kappa shape index (κ1) is 18.1. The first-order chi connectivity index (χ1) is 12.1. The predicted molar refractivity (Wildman–Crippen MR) is 103 cm³/mol. The van der Waals surface area contributed by atoms with E-state index in [9.17, 15) is 0 Å². The highest BCUT2D eigenvalue weighted by Gasteiger charge is 2.35. The van der Waals surface area contributed by atoms with Gasteiger partial charge in [-0.2, -0.15) is 0 Å². The number of unbranched alkanes of at least 4 members (excludes halogenated alkanes) is 1. The highest BCUT2D eigenvalue weighted by Crippen LogP contribution is 2.28. The van der Waals surface area contributed by atoms with Crippen molar-refractivity contribution in [2.45, 2.75) is 31.8 Å². The van der Waals surface area contributed by atoms with Crippen LogP contribution in [-0.4, -0.2) is 36.7 Å². The Morgan fingerprint density at radius 3 is 2.52 bits per heavy atom.